The number of rotatable bonds is 2. The van der Waals surface area contributed by atoms with Crippen LogP contribution in [0.3, 0.4) is 0 Å². The zero-order valence-corrected chi connectivity index (χ0v) is 13.0. The van der Waals surface area contributed by atoms with Gasteiger partial charge in [-0.05, 0) is 29.7 Å². The molecule has 0 radical (unpaired) electrons. The Morgan fingerprint density at radius 2 is 1.68 bits per heavy atom. The van der Waals surface area contributed by atoms with Crippen LogP contribution in [0.5, 0.6) is 0 Å². The molecule has 0 aliphatic carbocycles. The molecule has 0 aliphatic heterocycles. The Hall–Kier alpha value is -1.66. The number of thiol groups is 1. The van der Waals surface area contributed by atoms with Gasteiger partial charge in [0.2, 0.25) is 0 Å². The minimum Gasteiger partial charge on any atom is -0.432 e. The number of nitrogens with zero attached hydrogens (tertiary/aromatic N) is 1. The fourth-order valence-electron chi connectivity index (χ4n) is 2.07. The van der Waals surface area contributed by atoms with Crippen LogP contribution in [0.25, 0.3) is 21.9 Å². The van der Waals surface area contributed by atoms with Crippen molar-refractivity contribution in [3.63, 3.8) is 0 Å². The Labute approximate surface area is 129 Å². The molecule has 0 atom stereocenters. The van der Waals surface area contributed by atoms with E-state index in [1.54, 1.807) is 0 Å². The Morgan fingerprint density at radius 3 is 2.27 bits per heavy atom. The van der Waals surface area contributed by atoms with E-state index in [1.807, 2.05) is 0 Å². The number of fused-ring (bicyclic) bond motifs is 2. The van der Waals surface area contributed by atoms with Gasteiger partial charge in [-0.25, -0.2) is 4.98 Å². The van der Waals surface area contributed by atoms with Crippen LogP contribution in [-0.2, 0) is 20.2 Å². The first kappa shape index (κ1) is 15.2. The van der Waals surface area contributed by atoms with Gasteiger partial charge in [-0.2, -0.15) is 16.8 Å². The van der Waals surface area contributed by atoms with Gasteiger partial charge in [0.1, 0.15) is 10.4 Å². The lowest BCUT2D eigenvalue weighted by molar-refractivity contribution is 0.481. The van der Waals surface area contributed by atoms with E-state index in [4.69, 9.17) is 8.97 Å². The van der Waals surface area contributed by atoms with Crippen molar-refractivity contribution >= 4 is 54.7 Å². The molecule has 116 valence electrons. The van der Waals surface area contributed by atoms with E-state index in [-0.39, 0.29) is 27.1 Å². The smallest absolute Gasteiger partial charge is 0.295 e. The highest BCUT2D eigenvalue weighted by molar-refractivity contribution is 7.86. The maximum Gasteiger partial charge on any atom is 0.295 e. The van der Waals surface area contributed by atoms with Crippen molar-refractivity contribution in [3.05, 3.63) is 24.3 Å². The van der Waals surface area contributed by atoms with Gasteiger partial charge in [0.25, 0.3) is 25.5 Å². The highest BCUT2D eigenvalue weighted by Gasteiger charge is 2.21. The monoisotopic (exact) mass is 361 g/mol. The number of benzene rings is 2. The quantitative estimate of drug-likeness (QED) is 0.464. The second-order valence-corrected chi connectivity index (χ2v) is 7.60. The highest BCUT2D eigenvalue weighted by Crippen LogP contribution is 2.31. The first-order valence-corrected chi connectivity index (χ1v) is 8.91. The van der Waals surface area contributed by atoms with Crippen molar-refractivity contribution in [2.75, 3.05) is 0 Å². The number of oxazole rings is 1. The van der Waals surface area contributed by atoms with Crippen LogP contribution >= 0.6 is 12.6 Å². The molecule has 0 spiro atoms. The van der Waals surface area contributed by atoms with Crippen LogP contribution in [0.15, 0.2) is 43.7 Å². The normalized spacial score (nSPS) is 13.0. The average Bonchev–Trinajstić information content (AvgIpc) is 2.71. The summed E-state index contributed by atoms with van der Waals surface area (Å²) in [5.41, 5.74) is 0.522. The number of hydrogen-bond donors (Lipinski definition) is 3. The lowest BCUT2D eigenvalue weighted by Gasteiger charge is -2.06. The summed E-state index contributed by atoms with van der Waals surface area (Å²) in [7, 11) is -9.39. The molecule has 8 nitrogen and oxygen atoms in total. The summed E-state index contributed by atoms with van der Waals surface area (Å²) >= 11 is 3.92. The van der Waals surface area contributed by atoms with Gasteiger partial charge in [0.05, 0.1) is 4.90 Å². The second kappa shape index (κ2) is 4.67. The maximum atomic E-state index is 11.5. The summed E-state index contributed by atoms with van der Waals surface area (Å²) in [4.78, 5) is 2.58. The molecule has 2 N–H and O–H groups in total. The van der Waals surface area contributed by atoms with E-state index < -0.39 is 30.0 Å². The molecule has 3 rings (SSSR count). The third-order valence-electron chi connectivity index (χ3n) is 2.96. The molecule has 0 aliphatic rings. The molecule has 2 aromatic carbocycles. The van der Waals surface area contributed by atoms with Gasteiger partial charge in [0, 0.05) is 5.39 Å². The fraction of sp³-hybridized carbons (Fsp3) is 0. The van der Waals surface area contributed by atoms with Gasteiger partial charge >= 0.3 is 0 Å². The molecule has 1 aromatic heterocycles. The molecule has 11 heteroatoms. The van der Waals surface area contributed by atoms with Crippen LogP contribution in [0, 0.1) is 0 Å². The van der Waals surface area contributed by atoms with Gasteiger partial charge in [-0.1, -0.05) is 12.6 Å². The first-order chi connectivity index (χ1) is 10.1. The van der Waals surface area contributed by atoms with Crippen molar-refractivity contribution in [2.24, 2.45) is 0 Å². The van der Waals surface area contributed by atoms with Crippen molar-refractivity contribution in [1.82, 2.24) is 4.98 Å². The Balaban J connectivity index is 2.55. The van der Waals surface area contributed by atoms with Gasteiger partial charge < -0.3 is 4.42 Å². The van der Waals surface area contributed by atoms with Crippen molar-refractivity contribution in [2.45, 2.75) is 15.0 Å². The molecule has 0 bridgehead atoms. The van der Waals surface area contributed by atoms with E-state index in [2.05, 4.69) is 17.6 Å². The minimum atomic E-state index is -4.73. The van der Waals surface area contributed by atoms with E-state index in [9.17, 15) is 21.4 Å². The summed E-state index contributed by atoms with van der Waals surface area (Å²) in [6.07, 6.45) is 0. The predicted molar refractivity (Wildman–Crippen MR) is 78.4 cm³/mol. The largest absolute Gasteiger partial charge is 0.432 e. The molecule has 3 aromatic rings. The van der Waals surface area contributed by atoms with Crippen LogP contribution in [0.4, 0.5) is 0 Å². The summed E-state index contributed by atoms with van der Waals surface area (Å²) in [5.74, 6) is 0. The molecule has 0 saturated carbocycles. The SMILES string of the molecule is O=S(=O)(O)c1cc(S(=O)(=O)O)c2cc3nc(S)oc3cc2c1. The third kappa shape index (κ3) is 2.57. The Bertz CT molecular complexity index is 1130. The van der Waals surface area contributed by atoms with Gasteiger partial charge in [-0.15, -0.1) is 0 Å². The standard InChI is InChI=1S/C11H7NO7S3/c13-21(14,15)6-1-5-2-9-8(12-11(20)19-9)4-7(5)10(3-6)22(16,17)18/h1-4H,(H,12,20)(H,13,14,15)(H,16,17,18). The highest BCUT2D eigenvalue weighted by atomic mass is 32.2. The minimum absolute atomic E-state index is 0.0315. The predicted octanol–water partition coefficient (Wildman–Crippen LogP) is 1.76. The van der Waals surface area contributed by atoms with Crippen molar-refractivity contribution in [1.29, 1.82) is 0 Å². The molecular formula is C11H7NO7S3. The first-order valence-electron chi connectivity index (χ1n) is 5.58. The molecule has 0 saturated heterocycles. The van der Waals surface area contributed by atoms with Crippen LogP contribution in [0.2, 0.25) is 0 Å². The van der Waals surface area contributed by atoms with Gasteiger partial charge in [0.15, 0.2) is 5.58 Å². The third-order valence-corrected chi connectivity index (χ3v) is 4.88. The summed E-state index contributed by atoms with van der Waals surface area (Å²) in [6, 6.07) is 4.37. The van der Waals surface area contributed by atoms with Crippen molar-refractivity contribution < 1.29 is 30.4 Å². The molecule has 22 heavy (non-hydrogen) atoms. The fourth-order valence-corrected chi connectivity index (χ4v) is 3.63. The molecule has 0 amide bonds. The number of aromatic nitrogens is 1. The van der Waals surface area contributed by atoms with E-state index in [0.29, 0.717) is 6.07 Å². The Kier molecular flexibility index (Phi) is 3.23. The zero-order valence-electron chi connectivity index (χ0n) is 10.5. The lowest BCUT2D eigenvalue weighted by atomic mass is 10.1. The van der Waals surface area contributed by atoms with Gasteiger partial charge in [-0.3, -0.25) is 9.11 Å². The van der Waals surface area contributed by atoms with E-state index in [1.165, 1.54) is 12.1 Å². The average molecular weight is 361 g/mol. The topological polar surface area (TPSA) is 135 Å². The van der Waals surface area contributed by atoms with E-state index >= 15 is 0 Å². The summed E-state index contributed by atoms with van der Waals surface area (Å²) in [5, 5.41) is 0.192. The molecular weight excluding hydrogens is 354 g/mol. The van der Waals surface area contributed by atoms with E-state index in [0.717, 1.165) is 6.07 Å². The van der Waals surface area contributed by atoms with Crippen LogP contribution < -0.4 is 0 Å². The lowest BCUT2D eigenvalue weighted by Crippen LogP contribution is -2.04. The number of hydrogen-bond acceptors (Lipinski definition) is 7. The zero-order chi connectivity index (χ0) is 16.3. The summed E-state index contributed by atoms with van der Waals surface area (Å²) < 4.78 is 69.0. The molecule has 0 fully saturated rings. The van der Waals surface area contributed by atoms with Crippen molar-refractivity contribution in [3.8, 4) is 0 Å². The summed E-state index contributed by atoms with van der Waals surface area (Å²) in [6.45, 7) is 0. The molecule has 1 heterocycles. The Morgan fingerprint density at radius 1 is 1.00 bits per heavy atom. The van der Waals surface area contributed by atoms with Crippen LogP contribution in [-0.4, -0.2) is 30.9 Å². The van der Waals surface area contributed by atoms with Crippen LogP contribution in [0.1, 0.15) is 0 Å². The second-order valence-electron chi connectivity index (χ2n) is 4.41. The molecule has 0 unspecified atom stereocenters. The maximum absolute atomic E-state index is 11.5.